The molecule has 170 valence electrons. The maximum absolute atomic E-state index is 5.87. The fourth-order valence-corrected chi connectivity index (χ4v) is 3.06. The third-order valence-corrected chi connectivity index (χ3v) is 4.66. The minimum absolute atomic E-state index is 0. The second-order valence-electron chi connectivity index (χ2n) is 7.12. The van der Waals surface area contributed by atoms with Crippen molar-refractivity contribution < 1.29 is 9.47 Å². The summed E-state index contributed by atoms with van der Waals surface area (Å²) in [5.41, 5.74) is 4.23. The van der Waals surface area contributed by atoms with Gasteiger partial charge in [-0.15, -0.1) is 24.0 Å². The van der Waals surface area contributed by atoms with Crippen LogP contribution in [0.5, 0.6) is 11.5 Å². The molecule has 1 heterocycles. The Morgan fingerprint density at radius 2 is 1.91 bits per heavy atom. The summed E-state index contributed by atoms with van der Waals surface area (Å²) in [7, 11) is 1.69. The van der Waals surface area contributed by atoms with E-state index in [1.807, 2.05) is 48.5 Å². The average Bonchev–Trinajstić information content (AvgIpc) is 2.81. The molecule has 0 unspecified atom stereocenters. The molecular formula is C25H31IN4O2. The Morgan fingerprint density at radius 3 is 2.66 bits per heavy atom. The highest BCUT2D eigenvalue weighted by Crippen LogP contribution is 2.19. The van der Waals surface area contributed by atoms with E-state index in [0.29, 0.717) is 19.7 Å². The summed E-state index contributed by atoms with van der Waals surface area (Å²) in [6.45, 7) is 6.50. The number of halogens is 1. The zero-order valence-electron chi connectivity index (χ0n) is 18.8. The van der Waals surface area contributed by atoms with Crippen LogP contribution >= 0.6 is 24.0 Å². The largest absolute Gasteiger partial charge is 0.496 e. The number of hydrogen-bond donors (Lipinski definition) is 2. The quantitative estimate of drug-likeness (QED) is 0.228. The predicted molar refractivity (Wildman–Crippen MR) is 140 cm³/mol. The van der Waals surface area contributed by atoms with Gasteiger partial charge in [0.1, 0.15) is 18.1 Å². The summed E-state index contributed by atoms with van der Waals surface area (Å²) >= 11 is 0. The number of aliphatic imine (C=N–C) groups is 1. The molecule has 6 nitrogen and oxygen atoms in total. The van der Waals surface area contributed by atoms with Gasteiger partial charge in [-0.2, -0.15) is 0 Å². The van der Waals surface area contributed by atoms with Crippen molar-refractivity contribution in [2.75, 3.05) is 13.7 Å². The molecule has 3 rings (SSSR count). The number of benzene rings is 2. The van der Waals surface area contributed by atoms with E-state index in [0.717, 1.165) is 40.8 Å². The highest BCUT2D eigenvalue weighted by Gasteiger charge is 2.05. The molecule has 0 spiro atoms. The summed E-state index contributed by atoms with van der Waals surface area (Å²) in [6, 6.07) is 20.0. The van der Waals surface area contributed by atoms with Crippen LogP contribution in [0.2, 0.25) is 0 Å². The Balaban J connectivity index is 0.00000363. The van der Waals surface area contributed by atoms with E-state index >= 15 is 0 Å². The van der Waals surface area contributed by atoms with Crippen LogP contribution in [0.1, 0.15) is 29.3 Å². The maximum atomic E-state index is 5.87. The van der Waals surface area contributed by atoms with Gasteiger partial charge in [-0.1, -0.05) is 30.3 Å². The number of ether oxygens (including phenoxy) is 2. The van der Waals surface area contributed by atoms with Gasteiger partial charge in [-0.05, 0) is 55.3 Å². The number of aryl methyl sites for hydroxylation is 1. The lowest BCUT2D eigenvalue weighted by Crippen LogP contribution is -2.36. The van der Waals surface area contributed by atoms with Crippen molar-refractivity contribution in [1.82, 2.24) is 15.6 Å². The Bertz CT molecular complexity index is 996. The lowest BCUT2D eigenvalue weighted by atomic mass is 10.1. The van der Waals surface area contributed by atoms with Gasteiger partial charge >= 0.3 is 0 Å². The van der Waals surface area contributed by atoms with Gasteiger partial charge < -0.3 is 20.1 Å². The van der Waals surface area contributed by atoms with E-state index in [-0.39, 0.29) is 24.0 Å². The third-order valence-electron chi connectivity index (χ3n) is 4.66. The second kappa shape index (κ2) is 13.6. The van der Waals surface area contributed by atoms with Crippen molar-refractivity contribution in [3.8, 4) is 11.5 Å². The first-order chi connectivity index (χ1) is 15.2. The van der Waals surface area contributed by atoms with E-state index in [4.69, 9.17) is 14.5 Å². The van der Waals surface area contributed by atoms with Gasteiger partial charge in [0.05, 0.1) is 19.3 Å². The topological polar surface area (TPSA) is 67.8 Å². The van der Waals surface area contributed by atoms with Crippen LogP contribution in [0.15, 0.2) is 71.9 Å². The Labute approximate surface area is 207 Å². The number of aromatic nitrogens is 1. The number of pyridine rings is 1. The third kappa shape index (κ3) is 8.03. The number of hydrogen-bond acceptors (Lipinski definition) is 4. The SMILES string of the molecule is CCNC(=NCc1cccc(OCc2ccccn2)c1)NCc1ccc(C)cc1OC.I. The predicted octanol–water partition coefficient (Wildman–Crippen LogP) is 4.85. The molecule has 2 N–H and O–H groups in total. The summed E-state index contributed by atoms with van der Waals surface area (Å²) in [5, 5.41) is 6.67. The minimum atomic E-state index is 0. The highest BCUT2D eigenvalue weighted by molar-refractivity contribution is 14.0. The van der Waals surface area contributed by atoms with Crippen molar-refractivity contribution in [1.29, 1.82) is 0 Å². The normalized spacial score (nSPS) is 10.8. The molecule has 0 radical (unpaired) electrons. The first-order valence-corrected chi connectivity index (χ1v) is 10.4. The Kier molecular flexibility index (Phi) is 10.8. The second-order valence-corrected chi connectivity index (χ2v) is 7.12. The molecule has 0 amide bonds. The van der Waals surface area contributed by atoms with Crippen LogP contribution in [0.3, 0.4) is 0 Å². The van der Waals surface area contributed by atoms with E-state index in [1.165, 1.54) is 5.56 Å². The molecule has 3 aromatic rings. The average molecular weight is 546 g/mol. The molecule has 0 aliphatic rings. The summed E-state index contributed by atoms with van der Waals surface area (Å²) in [5.74, 6) is 2.44. The van der Waals surface area contributed by atoms with Crippen LogP contribution in [-0.4, -0.2) is 24.6 Å². The number of methoxy groups -OCH3 is 1. The van der Waals surface area contributed by atoms with E-state index in [9.17, 15) is 0 Å². The van der Waals surface area contributed by atoms with Crippen molar-refractivity contribution in [2.45, 2.75) is 33.5 Å². The molecule has 1 aromatic heterocycles. The monoisotopic (exact) mass is 546 g/mol. The number of nitrogens with zero attached hydrogens (tertiary/aromatic N) is 2. The molecule has 0 saturated heterocycles. The fourth-order valence-electron chi connectivity index (χ4n) is 3.06. The molecule has 0 fully saturated rings. The zero-order valence-corrected chi connectivity index (χ0v) is 21.1. The van der Waals surface area contributed by atoms with Gasteiger partial charge in [-0.3, -0.25) is 4.98 Å². The highest BCUT2D eigenvalue weighted by atomic mass is 127. The lowest BCUT2D eigenvalue weighted by molar-refractivity contribution is 0.301. The van der Waals surface area contributed by atoms with Gasteiger partial charge in [0.15, 0.2) is 5.96 Å². The molecule has 0 aliphatic carbocycles. The maximum Gasteiger partial charge on any atom is 0.191 e. The van der Waals surface area contributed by atoms with E-state index in [2.05, 4.69) is 41.6 Å². The van der Waals surface area contributed by atoms with Crippen LogP contribution in [-0.2, 0) is 19.7 Å². The summed E-state index contributed by atoms with van der Waals surface area (Å²) in [4.78, 5) is 9.00. The van der Waals surface area contributed by atoms with Gasteiger partial charge in [0.2, 0.25) is 0 Å². The van der Waals surface area contributed by atoms with E-state index < -0.39 is 0 Å². The van der Waals surface area contributed by atoms with Crippen LogP contribution in [0, 0.1) is 6.92 Å². The molecule has 7 heteroatoms. The number of guanidine groups is 1. The number of nitrogens with one attached hydrogen (secondary N) is 2. The first kappa shape index (κ1) is 25.5. The van der Waals surface area contributed by atoms with Crippen LogP contribution in [0.4, 0.5) is 0 Å². The minimum Gasteiger partial charge on any atom is -0.496 e. The van der Waals surface area contributed by atoms with Crippen molar-refractivity contribution in [3.05, 3.63) is 89.2 Å². The molecule has 0 atom stereocenters. The zero-order chi connectivity index (χ0) is 21.9. The Morgan fingerprint density at radius 1 is 1.03 bits per heavy atom. The summed E-state index contributed by atoms with van der Waals surface area (Å²) < 4.78 is 11.4. The smallest absolute Gasteiger partial charge is 0.191 e. The van der Waals surface area contributed by atoms with Crippen molar-refractivity contribution >= 4 is 29.9 Å². The Hall–Kier alpha value is -2.81. The lowest BCUT2D eigenvalue weighted by Gasteiger charge is -2.14. The standard InChI is InChI=1S/C25H30N4O2.HI/c1-4-26-25(29-17-21-12-11-19(2)14-24(21)30-3)28-16-20-8-7-10-23(15-20)31-18-22-9-5-6-13-27-22;/h5-15H,4,16-18H2,1-3H3,(H2,26,28,29);1H. The molecular weight excluding hydrogens is 515 g/mol. The van der Waals surface area contributed by atoms with Crippen molar-refractivity contribution in [2.24, 2.45) is 4.99 Å². The molecule has 0 bridgehead atoms. The number of rotatable bonds is 9. The first-order valence-electron chi connectivity index (χ1n) is 10.4. The van der Waals surface area contributed by atoms with Crippen LogP contribution < -0.4 is 20.1 Å². The van der Waals surface area contributed by atoms with Gasteiger partial charge in [0, 0.05) is 24.8 Å². The molecule has 0 aliphatic heterocycles. The summed E-state index contributed by atoms with van der Waals surface area (Å²) in [6.07, 6.45) is 1.77. The van der Waals surface area contributed by atoms with Crippen LogP contribution in [0.25, 0.3) is 0 Å². The van der Waals surface area contributed by atoms with Gasteiger partial charge in [-0.25, -0.2) is 4.99 Å². The van der Waals surface area contributed by atoms with Crippen molar-refractivity contribution in [3.63, 3.8) is 0 Å². The van der Waals surface area contributed by atoms with Gasteiger partial charge in [0.25, 0.3) is 0 Å². The fraction of sp³-hybridized carbons (Fsp3) is 0.280. The molecule has 0 saturated carbocycles. The van der Waals surface area contributed by atoms with E-state index in [1.54, 1.807) is 13.3 Å². The molecule has 32 heavy (non-hydrogen) atoms. The molecule has 2 aromatic carbocycles.